The van der Waals surface area contributed by atoms with Crippen molar-refractivity contribution in [2.75, 3.05) is 0 Å². The predicted octanol–water partition coefficient (Wildman–Crippen LogP) is 2.53. The van der Waals surface area contributed by atoms with E-state index in [4.69, 9.17) is 0 Å². The zero-order valence-electron chi connectivity index (χ0n) is 9.70. The highest BCUT2D eigenvalue weighted by Gasteiger charge is 2.28. The number of hydrogen-bond donors (Lipinski definition) is 1. The van der Waals surface area contributed by atoms with Gasteiger partial charge in [0.25, 0.3) is 5.91 Å². The van der Waals surface area contributed by atoms with Gasteiger partial charge in [-0.15, -0.1) is 0 Å². The molecule has 3 nitrogen and oxygen atoms in total. The molecule has 1 aromatic rings. The molecule has 0 bridgehead atoms. The molecule has 1 saturated carbocycles. The Bertz CT molecular complexity index is 355. The summed E-state index contributed by atoms with van der Waals surface area (Å²) in [6.07, 6.45) is 7.50. The maximum atomic E-state index is 11.9. The van der Waals surface area contributed by atoms with Gasteiger partial charge >= 0.3 is 0 Å². The lowest BCUT2D eigenvalue weighted by Gasteiger charge is -2.34. The van der Waals surface area contributed by atoms with Crippen molar-refractivity contribution in [3.8, 4) is 0 Å². The van der Waals surface area contributed by atoms with E-state index < -0.39 is 0 Å². The predicted molar refractivity (Wildman–Crippen MR) is 63.2 cm³/mol. The van der Waals surface area contributed by atoms with Gasteiger partial charge in [-0.3, -0.25) is 9.78 Å². The molecule has 1 aromatic heterocycles. The molecule has 0 unspecified atom stereocenters. The first-order chi connectivity index (χ1) is 7.70. The second-order valence-corrected chi connectivity index (χ2v) is 4.79. The van der Waals surface area contributed by atoms with Crippen LogP contribution in [0.1, 0.15) is 49.5 Å². The quantitative estimate of drug-likeness (QED) is 0.828. The molecule has 0 radical (unpaired) electrons. The number of nitrogens with zero attached hydrogens (tertiary/aromatic N) is 1. The Kier molecular flexibility index (Phi) is 3.22. The van der Waals surface area contributed by atoms with E-state index in [1.807, 2.05) is 12.1 Å². The Morgan fingerprint density at radius 2 is 2.06 bits per heavy atom. The summed E-state index contributed by atoms with van der Waals surface area (Å²) < 4.78 is 0. The van der Waals surface area contributed by atoms with Crippen molar-refractivity contribution < 1.29 is 4.79 Å². The van der Waals surface area contributed by atoms with Gasteiger partial charge in [0.15, 0.2) is 0 Å². The van der Waals surface area contributed by atoms with Gasteiger partial charge < -0.3 is 5.32 Å². The number of rotatable bonds is 2. The highest BCUT2D eigenvalue weighted by atomic mass is 16.2. The molecular formula is C13H18N2O. The van der Waals surface area contributed by atoms with Gasteiger partial charge in [0, 0.05) is 11.7 Å². The van der Waals surface area contributed by atoms with Crippen LogP contribution in [0.4, 0.5) is 0 Å². The van der Waals surface area contributed by atoms with Crippen LogP contribution >= 0.6 is 0 Å². The topological polar surface area (TPSA) is 42.0 Å². The molecule has 2 rings (SSSR count). The number of pyridine rings is 1. The molecule has 1 aliphatic carbocycles. The second kappa shape index (κ2) is 4.64. The van der Waals surface area contributed by atoms with Crippen molar-refractivity contribution in [2.45, 2.75) is 44.6 Å². The normalized spacial score (nSPS) is 19.1. The Morgan fingerprint density at radius 1 is 1.31 bits per heavy atom. The number of nitrogens with one attached hydrogen (secondary N) is 1. The van der Waals surface area contributed by atoms with Crippen molar-refractivity contribution >= 4 is 5.91 Å². The number of aromatic nitrogens is 1. The summed E-state index contributed by atoms with van der Waals surface area (Å²) in [6, 6.07) is 5.41. The minimum atomic E-state index is -0.0509. The Hall–Kier alpha value is -1.38. The molecule has 0 atom stereocenters. The lowest BCUT2D eigenvalue weighted by Crippen LogP contribution is -2.47. The highest BCUT2D eigenvalue weighted by Crippen LogP contribution is 2.27. The third kappa shape index (κ3) is 2.60. The SMILES string of the molecule is CC1(NC(=O)c2ccccn2)CCCCC1. The van der Waals surface area contributed by atoms with E-state index >= 15 is 0 Å². The first-order valence-electron chi connectivity index (χ1n) is 5.93. The average Bonchev–Trinajstić information content (AvgIpc) is 2.30. The monoisotopic (exact) mass is 218 g/mol. The van der Waals surface area contributed by atoms with Crippen molar-refractivity contribution in [3.63, 3.8) is 0 Å². The summed E-state index contributed by atoms with van der Waals surface area (Å²) >= 11 is 0. The van der Waals surface area contributed by atoms with Gasteiger partial charge in [0.2, 0.25) is 0 Å². The van der Waals surface area contributed by atoms with Crippen LogP contribution in [0, 0.1) is 0 Å². The summed E-state index contributed by atoms with van der Waals surface area (Å²) in [5.41, 5.74) is 0.474. The molecule has 1 heterocycles. The lowest BCUT2D eigenvalue weighted by atomic mass is 9.83. The highest BCUT2D eigenvalue weighted by molar-refractivity contribution is 5.92. The van der Waals surface area contributed by atoms with Crippen molar-refractivity contribution in [1.82, 2.24) is 10.3 Å². The van der Waals surface area contributed by atoms with Crippen LogP contribution in [0.3, 0.4) is 0 Å². The molecule has 1 fully saturated rings. The van der Waals surface area contributed by atoms with Crippen molar-refractivity contribution in [1.29, 1.82) is 0 Å². The Morgan fingerprint density at radius 3 is 2.69 bits per heavy atom. The lowest BCUT2D eigenvalue weighted by molar-refractivity contribution is 0.0877. The maximum absolute atomic E-state index is 11.9. The van der Waals surface area contributed by atoms with Gasteiger partial charge in [-0.1, -0.05) is 25.3 Å². The molecule has 0 saturated heterocycles. The zero-order valence-corrected chi connectivity index (χ0v) is 9.70. The van der Waals surface area contributed by atoms with Gasteiger partial charge in [-0.2, -0.15) is 0 Å². The van der Waals surface area contributed by atoms with Crippen LogP contribution in [0.15, 0.2) is 24.4 Å². The number of carbonyl (C=O) groups excluding carboxylic acids is 1. The third-order valence-corrected chi connectivity index (χ3v) is 3.27. The minimum absolute atomic E-state index is 0.0349. The van der Waals surface area contributed by atoms with Gasteiger partial charge in [0.1, 0.15) is 5.69 Å². The molecule has 1 amide bonds. The van der Waals surface area contributed by atoms with E-state index in [0.717, 1.165) is 12.8 Å². The van der Waals surface area contributed by atoms with E-state index in [0.29, 0.717) is 5.69 Å². The molecule has 0 spiro atoms. The van der Waals surface area contributed by atoms with E-state index in [-0.39, 0.29) is 11.4 Å². The third-order valence-electron chi connectivity index (χ3n) is 3.27. The molecular weight excluding hydrogens is 200 g/mol. The Labute approximate surface area is 96.3 Å². The number of hydrogen-bond acceptors (Lipinski definition) is 2. The fourth-order valence-corrected chi connectivity index (χ4v) is 2.29. The standard InChI is InChI=1S/C13H18N2O/c1-13(8-4-2-5-9-13)15-12(16)11-7-3-6-10-14-11/h3,6-7,10H,2,4-5,8-9H2,1H3,(H,15,16). The molecule has 0 aromatic carbocycles. The molecule has 86 valence electrons. The fourth-order valence-electron chi connectivity index (χ4n) is 2.29. The first-order valence-corrected chi connectivity index (χ1v) is 5.93. The summed E-state index contributed by atoms with van der Waals surface area (Å²) in [4.78, 5) is 16.0. The van der Waals surface area contributed by atoms with Crippen molar-refractivity contribution in [2.24, 2.45) is 0 Å². The fraction of sp³-hybridized carbons (Fsp3) is 0.538. The van der Waals surface area contributed by atoms with E-state index in [9.17, 15) is 4.79 Å². The zero-order chi connectivity index (χ0) is 11.4. The van der Waals surface area contributed by atoms with Crippen LogP contribution in [-0.4, -0.2) is 16.4 Å². The molecule has 0 aliphatic heterocycles. The van der Waals surface area contributed by atoms with Crippen LogP contribution < -0.4 is 5.32 Å². The van der Waals surface area contributed by atoms with Crippen LogP contribution in [0.25, 0.3) is 0 Å². The smallest absolute Gasteiger partial charge is 0.270 e. The van der Waals surface area contributed by atoms with Crippen LogP contribution in [0.5, 0.6) is 0 Å². The maximum Gasteiger partial charge on any atom is 0.270 e. The van der Waals surface area contributed by atoms with Crippen LogP contribution in [-0.2, 0) is 0 Å². The van der Waals surface area contributed by atoms with Gasteiger partial charge in [-0.05, 0) is 31.9 Å². The van der Waals surface area contributed by atoms with E-state index in [2.05, 4.69) is 17.2 Å². The largest absolute Gasteiger partial charge is 0.346 e. The van der Waals surface area contributed by atoms with Crippen molar-refractivity contribution in [3.05, 3.63) is 30.1 Å². The summed E-state index contributed by atoms with van der Waals surface area (Å²) in [6.45, 7) is 2.13. The molecule has 1 N–H and O–H groups in total. The second-order valence-electron chi connectivity index (χ2n) is 4.79. The first kappa shape index (κ1) is 11.1. The summed E-state index contributed by atoms with van der Waals surface area (Å²) in [5.74, 6) is -0.0509. The van der Waals surface area contributed by atoms with Crippen LogP contribution in [0.2, 0.25) is 0 Å². The summed E-state index contributed by atoms with van der Waals surface area (Å²) in [5, 5.41) is 3.11. The van der Waals surface area contributed by atoms with Gasteiger partial charge in [0.05, 0.1) is 0 Å². The van der Waals surface area contributed by atoms with E-state index in [1.165, 1.54) is 19.3 Å². The average molecular weight is 218 g/mol. The molecule has 3 heteroatoms. The number of carbonyl (C=O) groups is 1. The van der Waals surface area contributed by atoms with E-state index in [1.54, 1.807) is 12.3 Å². The summed E-state index contributed by atoms with van der Waals surface area (Å²) in [7, 11) is 0. The number of amides is 1. The minimum Gasteiger partial charge on any atom is -0.346 e. The molecule has 1 aliphatic rings. The Balaban J connectivity index is 2.01. The van der Waals surface area contributed by atoms with Gasteiger partial charge in [-0.25, -0.2) is 0 Å². The molecule has 16 heavy (non-hydrogen) atoms.